The van der Waals surface area contributed by atoms with E-state index in [-0.39, 0.29) is 33.3 Å². The number of amides is 2. The maximum atomic E-state index is 12.9. The Bertz CT molecular complexity index is 1110. The van der Waals surface area contributed by atoms with E-state index < -0.39 is 10.0 Å². The SMILES string of the molecule is C=CC(=O)N1CCC(C(=O)Nc2ccc(C)c(S(=O)(=O)Nc3ccccc3Cl)c2)CC1. The van der Waals surface area contributed by atoms with Gasteiger partial charge >= 0.3 is 0 Å². The number of carbonyl (C=O) groups is 2. The normalized spacial score (nSPS) is 14.7. The molecule has 0 saturated carbocycles. The first-order valence-electron chi connectivity index (χ1n) is 9.81. The van der Waals surface area contributed by atoms with E-state index in [9.17, 15) is 18.0 Å². The van der Waals surface area contributed by atoms with Crippen molar-refractivity contribution in [2.75, 3.05) is 23.1 Å². The van der Waals surface area contributed by atoms with Gasteiger partial charge in [-0.05, 0) is 55.7 Å². The Kier molecular flexibility index (Phi) is 7.02. The third kappa shape index (κ3) is 5.45. The monoisotopic (exact) mass is 461 g/mol. The minimum atomic E-state index is -3.91. The molecule has 1 aliphatic rings. The zero-order chi connectivity index (χ0) is 22.6. The van der Waals surface area contributed by atoms with Gasteiger partial charge in [0.15, 0.2) is 0 Å². The van der Waals surface area contributed by atoms with Gasteiger partial charge in [0.1, 0.15) is 0 Å². The highest BCUT2D eigenvalue weighted by Gasteiger charge is 2.27. The fourth-order valence-corrected chi connectivity index (χ4v) is 5.04. The fraction of sp³-hybridized carbons (Fsp3) is 0.273. The fourth-order valence-electron chi connectivity index (χ4n) is 3.45. The van der Waals surface area contributed by atoms with Crippen LogP contribution in [-0.4, -0.2) is 38.2 Å². The number of nitrogens with one attached hydrogen (secondary N) is 2. The molecule has 1 fully saturated rings. The second kappa shape index (κ2) is 9.53. The maximum Gasteiger partial charge on any atom is 0.262 e. The first-order chi connectivity index (χ1) is 14.7. The van der Waals surface area contributed by atoms with E-state index in [0.29, 0.717) is 37.2 Å². The molecule has 1 saturated heterocycles. The van der Waals surface area contributed by atoms with Crippen molar-refractivity contribution < 1.29 is 18.0 Å². The molecule has 2 N–H and O–H groups in total. The molecule has 2 amide bonds. The van der Waals surface area contributed by atoms with Crippen molar-refractivity contribution in [2.45, 2.75) is 24.7 Å². The predicted octanol–water partition coefficient (Wildman–Crippen LogP) is 3.81. The molecule has 9 heteroatoms. The summed E-state index contributed by atoms with van der Waals surface area (Å²) in [5.74, 6) is -0.591. The standard InChI is InChI=1S/C22H24ClN3O4S/c1-3-21(27)26-12-10-16(11-13-26)22(28)24-17-9-8-15(2)20(14-17)31(29,30)25-19-7-5-4-6-18(19)23/h3-9,14,16,25H,1,10-13H2,2H3,(H,24,28). The van der Waals surface area contributed by atoms with E-state index in [1.807, 2.05) is 0 Å². The quantitative estimate of drug-likeness (QED) is 0.639. The number of para-hydroxylation sites is 1. The topological polar surface area (TPSA) is 95.6 Å². The summed E-state index contributed by atoms with van der Waals surface area (Å²) in [7, 11) is -3.91. The van der Waals surface area contributed by atoms with Gasteiger partial charge in [-0.3, -0.25) is 14.3 Å². The van der Waals surface area contributed by atoms with Crippen LogP contribution in [0.15, 0.2) is 60.0 Å². The molecule has 31 heavy (non-hydrogen) atoms. The lowest BCUT2D eigenvalue weighted by Crippen LogP contribution is -2.40. The average molecular weight is 462 g/mol. The minimum Gasteiger partial charge on any atom is -0.339 e. The van der Waals surface area contributed by atoms with E-state index in [4.69, 9.17) is 11.6 Å². The van der Waals surface area contributed by atoms with Crippen LogP contribution >= 0.6 is 11.6 Å². The number of aryl methyl sites for hydroxylation is 1. The third-order valence-corrected chi connectivity index (χ3v) is 7.05. The molecule has 0 radical (unpaired) electrons. The summed E-state index contributed by atoms with van der Waals surface area (Å²) in [6.45, 7) is 6.13. The summed E-state index contributed by atoms with van der Waals surface area (Å²) in [6, 6.07) is 11.3. The number of rotatable bonds is 6. The Morgan fingerprint density at radius 3 is 2.48 bits per heavy atom. The third-order valence-electron chi connectivity index (χ3n) is 5.22. The molecule has 0 atom stereocenters. The Hall–Kier alpha value is -2.84. The van der Waals surface area contributed by atoms with Gasteiger partial charge in [-0.2, -0.15) is 0 Å². The van der Waals surface area contributed by atoms with Gasteiger partial charge in [0, 0.05) is 24.7 Å². The largest absolute Gasteiger partial charge is 0.339 e. The zero-order valence-corrected chi connectivity index (χ0v) is 18.7. The van der Waals surface area contributed by atoms with Crippen LogP contribution in [-0.2, 0) is 19.6 Å². The van der Waals surface area contributed by atoms with Gasteiger partial charge in [0.2, 0.25) is 11.8 Å². The summed E-state index contributed by atoms with van der Waals surface area (Å²) in [5, 5.41) is 3.09. The van der Waals surface area contributed by atoms with Gasteiger partial charge in [-0.25, -0.2) is 8.42 Å². The lowest BCUT2D eigenvalue weighted by atomic mass is 9.95. The number of benzene rings is 2. The molecule has 2 aromatic carbocycles. The van der Waals surface area contributed by atoms with Crippen LogP contribution in [0, 0.1) is 12.8 Å². The highest BCUT2D eigenvalue weighted by atomic mass is 35.5. The van der Waals surface area contributed by atoms with E-state index in [0.717, 1.165) is 0 Å². The van der Waals surface area contributed by atoms with E-state index in [1.165, 1.54) is 12.1 Å². The number of piperidine rings is 1. The Morgan fingerprint density at radius 2 is 1.84 bits per heavy atom. The average Bonchev–Trinajstić information content (AvgIpc) is 2.76. The second-order valence-electron chi connectivity index (χ2n) is 7.36. The number of halogens is 1. The van der Waals surface area contributed by atoms with Crippen molar-refractivity contribution in [3.05, 3.63) is 65.7 Å². The summed E-state index contributed by atoms with van der Waals surface area (Å²) >= 11 is 6.07. The highest BCUT2D eigenvalue weighted by molar-refractivity contribution is 7.92. The number of likely N-dealkylation sites (tertiary alicyclic amines) is 1. The van der Waals surface area contributed by atoms with E-state index >= 15 is 0 Å². The number of hydrogen-bond donors (Lipinski definition) is 2. The van der Waals surface area contributed by atoms with Crippen molar-refractivity contribution in [2.24, 2.45) is 5.92 Å². The molecular weight excluding hydrogens is 438 g/mol. The Labute approximate surface area is 187 Å². The molecule has 0 spiro atoms. The molecule has 2 aromatic rings. The summed E-state index contributed by atoms with van der Waals surface area (Å²) in [4.78, 5) is 26.1. The molecule has 0 aromatic heterocycles. The van der Waals surface area contributed by atoms with Crippen molar-refractivity contribution in [3.8, 4) is 0 Å². The van der Waals surface area contributed by atoms with Crippen LogP contribution in [0.3, 0.4) is 0 Å². The second-order valence-corrected chi connectivity index (χ2v) is 9.42. The lowest BCUT2D eigenvalue weighted by Gasteiger charge is -2.30. The molecule has 164 valence electrons. The molecule has 7 nitrogen and oxygen atoms in total. The van der Waals surface area contributed by atoms with Crippen LogP contribution in [0.25, 0.3) is 0 Å². The van der Waals surface area contributed by atoms with Crippen LogP contribution in [0.2, 0.25) is 5.02 Å². The van der Waals surface area contributed by atoms with Crippen molar-refractivity contribution in [1.29, 1.82) is 0 Å². The molecule has 0 aliphatic carbocycles. The summed E-state index contributed by atoms with van der Waals surface area (Å²) in [5.41, 5.74) is 1.20. The number of anilines is 2. The first-order valence-corrected chi connectivity index (χ1v) is 11.7. The van der Waals surface area contributed by atoms with Crippen molar-refractivity contribution >= 4 is 44.8 Å². The van der Waals surface area contributed by atoms with Crippen LogP contribution in [0.5, 0.6) is 0 Å². The number of sulfonamides is 1. The van der Waals surface area contributed by atoms with E-state index in [1.54, 1.807) is 48.2 Å². The molecule has 0 bridgehead atoms. The van der Waals surface area contributed by atoms with Gasteiger partial charge in [-0.1, -0.05) is 36.4 Å². The smallest absolute Gasteiger partial charge is 0.262 e. The highest BCUT2D eigenvalue weighted by Crippen LogP contribution is 2.27. The maximum absolute atomic E-state index is 12.9. The van der Waals surface area contributed by atoms with Gasteiger partial charge in [0.25, 0.3) is 10.0 Å². The van der Waals surface area contributed by atoms with Gasteiger partial charge < -0.3 is 10.2 Å². The predicted molar refractivity (Wildman–Crippen MR) is 122 cm³/mol. The summed E-state index contributed by atoms with van der Waals surface area (Å²) in [6.07, 6.45) is 2.35. The Balaban J connectivity index is 1.72. The van der Waals surface area contributed by atoms with Crippen LogP contribution in [0.4, 0.5) is 11.4 Å². The van der Waals surface area contributed by atoms with Gasteiger partial charge in [-0.15, -0.1) is 0 Å². The number of carbonyl (C=O) groups excluding carboxylic acids is 2. The molecular formula is C22H24ClN3O4S. The molecule has 1 aliphatic heterocycles. The van der Waals surface area contributed by atoms with Gasteiger partial charge in [0.05, 0.1) is 15.6 Å². The van der Waals surface area contributed by atoms with E-state index in [2.05, 4.69) is 16.6 Å². The van der Waals surface area contributed by atoms with Crippen LogP contribution < -0.4 is 10.0 Å². The minimum absolute atomic E-state index is 0.0524. The molecule has 3 rings (SSSR count). The molecule has 0 unspecified atom stereocenters. The molecule has 1 heterocycles. The summed E-state index contributed by atoms with van der Waals surface area (Å²) < 4.78 is 28.3. The van der Waals surface area contributed by atoms with Crippen molar-refractivity contribution in [1.82, 2.24) is 4.90 Å². The van der Waals surface area contributed by atoms with Crippen molar-refractivity contribution in [3.63, 3.8) is 0 Å². The number of nitrogens with zero attached hydrogens (tertiary/aromatic N) is 1. The Morgan fingerprint density at radius 1 is 1.16 bits per heavy atom. The lowest BCUT2D eigenvalue weighted by molar-refractivity contribution is -0.130. The first kappa shape index (κ1) is 22.8. The zero-order valence-electron chi connectivity index (χ0n) is 17.1. The van der Waals surface area contributed by atoms with Crippen LogP contribution in [0.1, 0.15) is 18.4 Å². The number of hydrogen-bond acceptors (Lipinski definition) is 4.